The first-order valence-corrected chi connectivity index (χ1v) is 8.69. The Kier molecular flexibility index (Phi) is 4.71. The Morgan fingerprint density at radius 1 is 1.25 bits per heavy atom. The Morgan fingerprint density at radius 2 is 1.96 bits per heavy atom. The molecule has 0 spiro atoms. The minimum absolute atomic E-state index is 0.0258. The lowest BCUT2D eigenvalue weighted by molar-refractivity contribution is 0.0791. The number of likely N-dealkylation sites (tertiary alicyclic amines) is 1. The minimum atomic E-state index is -0.319. The molecular weight excluding hydrogens is 372 g/mol. The van der Waals surface area contributed by atoms with Crippen LogP contribution in [-0.4, -0.2) is 40.0 Å². The second kappa shape index (κ2) is 6.76. The lowest BCUT2D eigenvalue weighted by Crippen LogP contribution is -2.28. The number of hydrogen-bond donors (Lipinski definition) is 2. The zero-order valence-corrected chi connectivity index (χ0v) is 15.2. The highest BCUT2D eigenvalue weighted by Crippen LogP contribution is 2.24. The van der Waals surface area contributed by atoms with Crippen molar-refractivity contribution in [3.05, 3.63) is 45.2 Å². The van der Waals surface area contributed by atoms with Crippen LogP contribution in [0.3, 0.4) is 0 Å². The summed E-state index contributed by atoms with van der Waals surface area (Å²) in [6.07, 6.45) is 2.10. The van der Waals surface area contributed by atoms with Crippen LogP contribution in [0.25, 0.3) is 0 Å². The molecule has 2 amide bonds. The van der Waals surface area contributed by atoms with Gasteiger partial charge in [-0.2, -0.15) is 5.10 Å². The summed E-state index contributed by atoms with van der Waals surface area (Å²) in [6.45, 7) is 5.28. The lowest BCUT2D eigenvalue weighted by atomic mass is 10.1. The largest absolute Gasteiger partial charge is 0.339 e. The van der Waals surface area contributed by atoms with Crippen LogP contribution in [0.4, 0.5) is 5.69 Å². The molecule has 0 bridgehead atoms. The van der Waals surface area contributed by atoms with Crippen LogP contribution in [0.2, 0.25) is 0 Å². The van der Waals surface area contributed by atoms with Crippen molar-refractivity contribution in [2.24, 2.45) is 0 Å². The van der Waals surface area contributed by atoms with Crippen molar-refractivity contribution in [2.45, 2.75) is 26.7 Å². The van der Waals surface area contributed by atoms with Gasteiger partial charge in [0.25, 0.3) is 11.8 Å². The fourth-order valence-corrected chi connectivity index (χ4v) is 3.20. The Hall–Kier alpha value is -2.15. The van der Waals surface area contributed by atoms with Gasteiger partial charge in [0, 0.05) is 30.0 Å². The summed E-state index contributed by atoms with van der Waals surface area (Å²) >= 11 is 3.35. The molecule has 3 rings (SSSR count). The molecule has 2 N–H and O–H groups in total. The van der Waals surface area contributed by atoms with Gasteiger partial charge in [0.05, 0.1) is 4.47 Å². The second-order valence-electron chi connectivity index (χ2n) is 5.94. The zero-order valence-electron chi connectivity index (χ0n) is 13.6. The fraction of sp³-hybridized carbons (Fsp3) is 0.353. The summed E-state index contributed by atoms with van der Waals surface area (Å²) in [5.74, 6) is -0.294. The SMILES string of the molecule is Cc1[nH]nc(C(=O)Nc2cccc(C(=O)N3CCCC3)c2C)c1Br. The summed E-state index contributed by atoms with van der Waals surface area (Å²) in [7, 11) is 0. The van der Waals surface area contributed by atoms with E-state index in [0.29, 0.717) is 21.4 Å². The third-order valence-corrected chi connectivity index (χ3v) is 5.26. The molecule has 2 aromatic rings. The van der Waals surface area contributed by atoms with Crippen LogP contribution < -0.4 is 5.32 Å². The minimum Gasteiger partial charge on any atom is -0.339 e. The molecule has 6 nitrogen and oxygen atoms in total. The summed E-state index contributed by atoms with van der Waals surface area (Å²) in [5.41, 5.74) is 3.11. The number of carbonyl (C=O) groups is 2. The highest BCUT2D eigenvalue weighted by atomic mass is 79.9. The van der Waals surface area contributed by atoms with E-state index in [-0.39, 0.29) is 11.8 Å². The van der Waals surface area contributed by atoms with Gasteiger partial charge in [-0.15, -0.1) is 0 Å². The normalized spacial score (nSPS) is 14.0. The van der Waals surface area contributed by atoms with Gasteiger partial charge in [0.15, 0.2) is 5.69 Å². The summed E-state index contributed by atoms with van der Waals surface area (Å²) in [5, 5.41) is 9.61. The van der Waals surface area contributed by atoms with Gasteiger partial charge >= 0.3 is 0 Å². The second-order valence-corrected chi connectivity index (χ2v) is 6.74. The summed E-state index contributed by atoms with van der Waals surface area (Å²) < 4.78 is 0.641. The van der Waals surface area contributed by atoms with E-state index in [4.69, 9.17) is 0 Å². The molecule has 1 aromatic heterocycles. The first-order chi connectivity index (χ1) is 11.5. The van der Waals surface area contributed by atoms with Crippen LogP contribution in [0.15, 0.2) is 22.7 Å². The van der Waals surface area contributed by atoms with E-state index in [2.05, 4.69) is 31.4 Å². The molecule has 0 saturated carbocycles. The van der Waals surface area contributed by atoms with E-state index in [0.717, 1.165) is 37.2 Å². The number of anilines is 1. The van der Waals surface area contributed by atoms with E-state index in [1.165, 1.54) is 0 Å². The van der Waals surface area contributed by atoms with Gasteiger partial charge in [0.1, 0.15) is 0 Å². The predicted octanol–water partition coefficient (Wildman–Crippen LogP) is 3.28. The monoisotopic (exact) mass is 390 g/mol. The maximum atomic E-state index is 12.6. The molecule has 126 valence electrons. The van der Waals surface area contributed by atoms with E-state index in [1.807, 2.05) is 18.7 Å². The predicted molar refractivity (Wildman–Crippen MR) is 95.3 cm³/mol. The van der Waals surface area contributed by atoms with Gasteiger partial charge < -0.3 is 10.2 Å². The Morgan fingerprint density at radius 3 is 2.58 bits per heavy atom. The third-order valence-electron chi connectivity index (χ3n) is 4.29. The third kappa shape index (κ3) is 3.08. The van der Waals surface area contributed by atoms with Gasteiger partial charge in [0.2, 0.25) is 0 Å². The molecule has 7 heteroatoms. The molecule has 2 heterocycles. The van der Waals surface area contributed by atoms with Crippen molar-refractivity contribution in [1.82, 2.24) is 15.1 Å². The Bertz CT molecular complexity index is 794. The maximum absolute atomic E-state index is 12.6. The van der Waals surface area contributed by atoms with Crippen molar-refractivity contribution in [3.63, 3.8) is 0 Å². The zero-order chi connectivity index (χ0) is 17.3. The number of aromatic nitrogens is 2. The van der Waals surface area contributed by atoms with Crippen LogP contribution in [0.1, 0.15) is 44.9 Å². The maximum Gasteiger partial charge on any atom is 0.277 e. The van der Waals surface area contributed by atoms with Crippen molar-refractivity contribution >= 4 is 33.4 Å². The molecule has 0 atom stereocenters. The molecule has 1 aromatic carbocycles. The number of aromatic amines is 1. The summed E-state index contributed by atoms with van der Waals surface area (Å²) in [4.78, 5) is 26.9. The van der Waals surface area contributed by atoms with Crippen molar-refractivity contribution in [3.8, 4) is 0 Å². The van der Waals surface area contributed by atoms with Gasteiger partial charge in [-0.1, -0.05) is 6.07 Å². The van der Waals surface area contributed by atoms with E-state index >= 15 is 0 Å². The highest BCUT2D eigenvalue weighted by molar-refractivity contribution is 9.10. The van der Waals surface area contributed by atoms with Crippen LogP contribution in [0, 0.1) is 13.8 Å². The number of nitrogens with one attached hydrogen (secondary N) is 2. The van der Waals surface area contributed by atoms with Crippen LogP contribution in [-0.2, 0) is 0 Å². The van der Waals surface area contributed by atoms with Gasteiger partial charge in [-0.05, 0) is 60.3 Å². The number of halogens is 1. The Labute approximate surface area is 148 Å². The average Bonchev–Trinajstić information content (AvgIpc) is 3.20. The molecule has 1 aliphatic heterocycles. The molecule has 0 aliphatic carbocycles. The first-order valence-electron chi connectivity index (χ1n) is 7.89. The summed E-state index contributed by atoms with van der Waals surface area (Å²) in [6, 6.07) is 5.39. The van der Waals surface area contributed by atoms with Crippen molar-refractivity contribution in [1.29, 1.82) is 0 Å². The smallest absolute Gasteiger partial charge is 0.277 e. The molecule has 1 fully saturated rings. The molecule has 0 radical (unpaired) electrons. The van der Waals surface area contributed by atoms with Crippen molar-refractivity contribution < 1.29 is 9.59 Å². The average molecular weight is 391 g/mol. The Balaban J connectivity index is 1.84. The topological polar surface area (TPSA) is 78.1 Å². The van der Waals surface area contributed by atoms with Gasteiger partial charge in [-0.25, -0.2) is 0 Å². The number of rotatable bonds is 3. The molecule has 24 heavy (non-hydrogen) atoms. The number of carbonyl (C=O) groups excluding carboxylic acids is 2. The molecular formula is C17H19BrN4O2. The molecule has 1 saturated heterocycles. The molecule has 0 unspecified atom stereocenters. The van der Waals surface area contributed by atoms with Crippen molar-refractivity contribution in [2.75, 3.05) is 18.4 Å². The lowest BCUT2D eigenvalue weighted by Gasteiger charge is -2.18. The number of aryl methyl sites for hydroxylation is 1. The fourth-order valence-electron chi connectivity index (χ4n) is 2.84. The van der Waals surface area contributed by atoms with E-state index < -0.39 is 0 Å². The van der Waals surface area contributed by atoms with Gasteiger partial charge in [-0.3, -0.25) is 14.7 Å². The number of amides is 2. The standard InChI is InChI=1S/C17H19BrN4O2/c1-10-12(17(24)22-8-3-4-9-22)6-5-7-13(10)19-16(23)15-14(18)11(2)20-21-15/h5-7H,3-4,8-9H2,1-2H3,(H,19,23)(H,20,21). The quantitative estimate of drug-likeness (QED) is 0.843. The van der Waals surface area contributed by atoms with Crippen LogP contribution in [0.5, 0.6) is 0 Å². The highest BCUT2D eigenvalue weighted by Gasteiger charge is 2.23. The first kappa shape index (κ1) is 16.7. The number of hydrogen-bond acceptors (Lipinski definition) is 3. The van der Waals surface area contributed by atoms with Crippen LogP contribution >= 0.6 is 15.9 Å². The number of H-pyrrole nitrogens is 1. The van der Waals surface area contributed by atoms with E-state index in [9.17, 15) is 9.59 Å². The number of nitrogens with zero attached hydrogens (tertiary/aromatic N) is 2. The molecule has 1 aliphatic rings. The number of benzene rings is 1. The van der Waals surface area contributed by atoms with E-state index in [1.54, 1.807) is 18.2 Å².